The summed E-state index contributed by atoms with van der Waals surface area (Å²) in [6.07, 6.45) is 3.80. The van der Waals surface area contributed by atoms with Crippen LogP contribution in [0.4, 0.5) is 5.69 Å². The average Bonchev–Trinajstić information content (AvgIpc) is 3.19. The molecule has 1 saturated carbocycles. The first-order valence-corrected chi connectivity index (χ1v) is 6.69. The molecule has 20 heavy (non-hydrogen) atoms. The molecule has 1 aromatic heterocycles. The lowest BCUT2D eigenvalue weighted by molar-refractivity contribution is -0.385. The number of hydrogen-bond acceptors (Lipinski definition) is 5. The quantitative estimate of drug-likeness (QED) is 0.522. The highest BCUT2D eigenvalue weighted by molar-refractivity contribution is 7.78. The second kappa shape index (κ2) is 5.16. The first-order valence-electron chi connectivity index (χ1n) is 6.29. The number of thiol groups is 1. The number of aromatic nitrogens is 2. The topological polar surface area (TPSA) is 70.2 Å². The zero-order valence-corrected chi connectivity index (χ0v) is 11.5. The first-order chi connectivity index (χ1) is 9.65. The summed E-state index contributed by atoms with van der Waals surface area (Å²) in [5.74, 6) is 0.829. The van der Waals surface area contributed by atoms with E-state index < -0.39 is 0 Å². The Morgan fingerprint density at radius 1 is 1.45 bits per heavy atom. The third-order valence-corrected chi connectivity index (χ3v) is 3.54. The van der Waals surface area contributed by atoms with Gasteiger partial charge in [0.2, 0.25) is 5.88 Å². The van der Waals surface area contributed by atoms with Crippen molar-refractivity contribution in [2.75, 3.05) is 0 Å². The maximum atomic E-state index is 11.2. The van der Waals surface area contributed by atoms with E-state index in [-0.39, 0.29) is 17.2 Å². The Labute approximate surface area is 121 Å². The molecule has 2 aromatic rings. The van der Waals surface area contributed by atoms with E-state index in [0.29, 0.717) is 17.4 Å². The molecule has 1 fully saturated rings. The number of nitro benzene ring substituents is 1. The van der Waals surface area contributed by atoms with Gasteiger partial charge in [0.05, 0.1) is 10.5 Å². The SMILES string of the molecule is O=[N+]([O-])c1cccc(C2CC2)c1COc1ccn(S)n1. The molecule has 1 heterocycles. The Bertz CT molecular complexity index is 652. The van der Waals surface area contributed by atoms with Crippen LogP contribution in [0.2, 0.25) is 0 Å². The van der Waals surface area contributed by atoms with Crippen molar-refractivity contribution in [1.82, 2.24) is 9.19 Å². The second-order valence-corrected chi connectivity index (χ2v) is 5.15. The van der Waals surface area contributed by atoms with E-state index >= 15 is 0 Å². The zero-order valence-electron chi connectivity index (χ0n) is 10.6. The minimum Gasteiger partial charge on any atom is -0.471 e. The normalized spacial score (nSPS) is 14.2. The van der Waals surface area contributed by atoms with E-state index in [1.807, 2.05) is 6.07 Å². The Morgan fingerprint density at radius 2 is 2.25 bits per heavy atom. The molecule has 0 saturated heterocycles. The van der Waals surface area contributed by atoms with E-state index in [9.17, 15) is 10.1 Å². The lowest BCUT2D eigenvalue weighted by atomic mass is 10.0. The van der Waals surface area contributed by atoms with E-state index in [4.69, 9.17) is 4.74 Å². The van der Waals surface area contributed by atoms with Gasteiger partial charge in [-0.15, -0.1) is 5.10 Å². The van der Waals surface area contributed by atoms with Gasteiger partial charge in [0, 0.05) is 18.3 Å². The van der Waals surface area contributed by atoms with Gasteiger partial charge in [0.1, 0.15) is 6.61 Å². The molecule has 0 spiro atoms. The summed E-state index contributed by atoms with van der Waals surface area (Å²) in [4.78, 5) is 10.8. The highest BCUT2D eigenvalue weighted by Gasteiger charge is 2.30. The standard InChI is InChI=1S/C13H13N3O3S/c17-16(18)12-3-1-2-10(9-4-5-9)11(12)8-19-13-6-7-15(20)14-13/h1-3,6-7,9,20H,4-5,8H2. The van der Waals surface area contributed by atoms with Crippen molar-refractivity contribution >= 4 is 18.5 Å². The first kappa shape index (κ1) is 13.0. The summed E-state index contributed by atoms with van der Waals surface area (Å²) in [7, 11) is 0. The smallest absolute Gasteiger partial charge is 0.276 e. The van der Waals surface area contributed by atoms with Crippen LogP contribution in [0.5, 0.6) is 5.88 Å². The number of nitrogens with zero attached hydrogens (tertiary/aromatic N) is 3. The van der Waals surface area contributed by atoms with Gasteiger partial charge in [-0.3, -0.25) is 10.1 Å². The van der Waals surface area contributed by atoms with Crippen molar-refractivity contribution in [3.63, 3.8) is 0 Å². The lowest BCUT2D eigenvalue weighted by Gasteiger charge is -2.09. The molecule has 0 bridgehead atoms. The molecule has 1 aliphatic rings. The molecule has 0 amide bonds. The molecule has 104 valence electrons. The van der Waals surface area contributed by atoms with Gasteiger partial charge in [0.15, 0.2) is 0 Å². The van der Waals surface area contributed by atoms with Gasteiger partial charge in [-0.1, -0.05) is 12.1 Å². The molecule has 0 unspecified atom stereocenters. The maximum Gasteiger partial charge on any atom is 0.276 e. The van der Waals surface area contributed by atoms with Crippen molar-refractivity contribution in [2.45, 2.75) is 25.4 Å². The maximum absolute atomic E-state index is 11.2. The van der Waals surface area contributed by atoms with Crippen molar-refractivity contribution in [3.05, 3.63) is 51.7 Å². The second-order valence-electron chi connectivity index (χ2n) is 4.74. The summed E-state index contributed by atoms with van der Waals surface area (Å²) in [5.41, 5.74) is 1.78. The van der Waals surface area contributed by atoms with Crippen LogP contribution in [0, 0.1) is 10.1 Å². The van der Waals surface area contributed by atoms with Crippen molar-refractivity contribution in [1.29, 1.82) is 0 Å². The molecule has 3 rings (SSSR count). The molecule has 7 heteroatoms. The molecule has 0 N–H and O–H groups in total. The van der Waals surface area contributed by atoms with Crippen molar-refractivity contribution in [3.8, 4) is 5.88 Å². The van der Waals surface area contributed by atoms with Gasteiger partial charge >= 0.3 is 0 Å². The Balaban J connectivity index is 1.87. The van der Waals surface area contributed by atoms with Gasteiger partial charge in [-0.25, -0.2) is 4.09 Å². The summed E-state index contributed by atoms with van der Waals surface area (Å²) >= 11 is 4.02. The number of rotatable bonds is 5. The molecule has 0 atom stereocenters. The molecule has 6 nitrogen and oxygen atoms in total. The molecule has 0 aliphatic heterocycles. The van der Waals surface area contributed by atoms with Crippen molar-refractivity contribution in [2.24, 2.45) is 0 Å². The van der Waals surface area contributed by atoms with Crippen LogP contribution in [-0.2, 0) is 6.61 Å². The molecule has 0 radical (unpaired) electrons. The van der Waals surface area contributed by atoms with E-state index in [1.54, 1.807) is 18.3 Å². The van der Waals surface area contributed by atoms with Crippen LogP contribution in [0.1, 0.15) is 29.9 Å². The third-order valence-electron chi connectivity index (χ3n) is 3.32. The van der Waals surface area contributed by atoms with Gasteiger partial charge in [-0.05, 0) is 37.1 Å². The predicted octanol–water partition coefficient (Wildman–Crippen LogP) is 2.94. The fraction of sp³-hybridized carbons (Fsp3) is 0.308. The van der Waals surface area contributed by atoms with Crippen LogP contribution in [0.25, 0.3) is 0 Å². The van der Waals surface area contributed by atoms with Crippen LogP contribution in [0.3, 0.4) is 0 Å². The van der Waals surface area contributed by atoms with Gasteiger partial charge < -0.3 is 4.74 Å². The number of benzene rings is 1. The summed E-state index contributed by atoms with van der Waals surface area (Å²) < 4.78 is 6.87. The third kappa shape index (κ3) is 2.62. The lowest BCUT2D eigenvalue weighted by Crippen LogP contribution is -2.04. The van der Waals surface area contributed by atoms with Crippen LogP contribution in [-0.4, -0.2) is 14.1 Å². The Kier molecular flexibility index (Phi) is 3.35. The highest BCUT2D eigenvalue weighted by Crippen LogP contribution is 2.43. The van der Waals surface area contributed by atoms with Crippen molar-refractivity contribution < 1.29 is 9.66 Å². The van der Waals surface area contributed by atoms with Crippen LogP contribution in [0.15, 0.2) is 30.5 Å². The van der Waals surface area contributed by atoms with E-state index in [0.717, 1.165) is 18.4 Å². The summed E-state index contributed by atoms with van der Waals surface area (Å²) in [5, 5.41) is 15.1. The molecule has 1 aliphatic carbocycles. The number of nitro groups is 1. The van der Waals surface area contributed by atoms with Crippen LogP contribution < -0.4 is 4.74 Å². The summed E-state index contributed by atoms with van der Waals surface area (Å²) in [6.45, 7) is 0.147. The predicted molar refractivity (Wildman–Crippen MR) is 76.0 cm³/mol. The zero-order chi connectivity index (χ0) is 14.1. The van der Waals surface area contributed by atoms with Gasteiger partial charge in [-0.2, -0.15) is 0 Å². The largest absolute Gasteiger partial charge is 0.471 e. The molecule has 1 aromatic carbocycles. The number of hydrogen-bond donors (Lipinski definition) is 1. The Morgan fingerprint density at radius 3 is 2.85 bits per heavy atom. The van der Waals surface area contributed by atoms with E-state index in [2.05, 4.69) is 17.9 Å². The highest BCUT2D eigenvalue weighted by atomic mass is 32.1. The van der Waals surface area contributed by atoms with E-state index in [1.165, 1.54) is 10.2 Å². The Hall–Kier alpha value is -2.02. The van der Waals surface area contributed by atoms with Crippen LogP contribution >= 0.6 is 12.8 Å². The fourth-order valence-corrected chi connectivity index (χ4v) is 2.37. The minimum absolute atomic E-state index is 0.111. The molecular formula is C13H13N3O3S. The fourth-order valence-electron chi connectivity index (χ4n) is 2.22. The number of ether oxygens (including phenoxy) is 1. The summed E-state index contributed by atoms with van der Waals surface area (Å²) in [6, 6.07) is 6.86. The average molecular weight is 291 g/mol. The monoisotopic (exact) mass is 291 g/mol. The minimum atomic E-state index is -0.359. The van der Waals surface area contributed by atoms with Gasteiger partial charge in [0.25, 0.3) is 5.69 Å². The molecular weight excluding hydrogens is 278 g/mol.